The zero-order valence-electron chi connectivity index (χ0n) is 18.1. The van der Waals surface area contributed by atoms with Crippen molar-refractivity contribution in [3.05, 3.63) is 63.8 Å². The van der Waals surface area contributed by atoms with Crippen LogP contribution in [0.2, 0.25) is 0 Å². The molecule has 0 N–H and O–H groups in total. The highest BCUT2D eigenvalue weighted by Gasteiger charge is 2.33. The van der Waals surface area contributed by atoms with E-state index in [0.29, 0.717) is 11.7 Å². The van der Waals surface area contributed by atoms with Gasteiger partial charge in [0.15, 0.2) is 5.16 Å². The molecule has 5 nitrogen and oxygen atoms in total. The molecule has 5 rings (SSSR count). The van der Waals surface area contributed by atoms with Gasteiger partial charge >= 0.3 is 0 Å². The first-order chi connectivity index (χ1) is 14.9. The van der Waals surface area contributed by atoms with Gasteiger partial charge in [-0.25, -0.2) is 8.97 Å². The largest absolute Gasteiger partial charge is 0.268 e. The molecule has 1 aromatic carbocycles. The molecule has 0 saturated heterocycles. The Balaban J connectivity index is 1.83. The van der Waals surface area contributed by atoms with Crippen LogP contribution in [0.4, 0.5) is 0 Å². The number of fused-ring (bicyclic) bond motifs is 5. The fourth-order valence-electron chi connectivity index (χ4n) is 4.51. The maximum absolute atomic E-state index is 13.8. The predicted octanol–water partition coefficient (Wildman–Crippen LogP) is 5.52. The molecule has 7 heteroatoms. The zero-order valence-corrected chi connectivity index (χ0v) is 19.7. The Morgan fingerprint density at radius 3 is 2.74 bits per heavy atom. The molecule has 0 bridgehead atoms. The average molecular weight is 451 g/mol. The second-order valence-electron chi connectivity index (χ2n) is 9.18. The molecule has 0 unspecified atom stereocenters. The van der Waals surface area contributed by atoms with Gasteiger partial charge in [-0.3, -0.25) is 4.79 Å². The van der Waals surface area contributed by atoms with Crippen LogP contribution in [0, 0.1) is 11.3 Å². The van der Waals surface area contributed by atoms with E-state index in [0.717, 1.165) is 46.1 Å². The monoisotopic (exact) mass is 450 g/mol. The summed E-state index contributed by atoms with van der Waals surface area (Å²) in [6.45, 7) is 10.8. The Kier molecular flexibility index (Phi) is 5.06. The van der Waals surface area contributed by atoms with E-state index < -0.39 is 0 Å². The minimum Gasteiger partial charge on any atom is -0.268 e. The molecular weight excluding hydrogens is 424 g/mol. The lowest BCUT2D eigenvalue weighted by Gasteiger charge is -2.33. The molecule has 0 saturated carbocycles. The Bertz CT molecular complexity index is 1340. The third-order valence-electron chi connectivity index (χ3n) is 6.25. The van der Waals surface area contributed by atoms with Gasteiger partial charge in [-0.2, -0.15) is 0 Å². The van der Waals surface area contributed by atoms with E-state index in [1.54, 1.807) is 27.7 Å². The lowest BCUT2D eigenvalue weighted by molar-refractivity contribution is 0.218. The van der Waals surface area contributed by atoms with Gasteiger partial charge in [0.05, 0.1) is 11.1 Å². The molecular formula is C24H26N4OS2. The maximum Gasteiger partial charge on any atom is 0.268 e. The Morgan fingerprint density at radius 2 is 2.03 bits per heavy atom. The van der Waals surface area contributed by atoms with Crippen LogP contribution in [0.3, 0.4) is 0 Å². The average Bonchev–Trinajstić information content (AvgIpc) is 3.33. The van der Waals surface area contributed by atoms with Crippen LogP contribution in [0.25, 0.3) is 21.7 Å². The fraction of sp³-hybridized carbons (Fsp3) is 0.375. The minimum atomic E-state index is 0.00748. The number of hydrogen-bond donors (Lipinski definition) is 0. The van der Waals surface area contributed by atoms with Crippen molar-refractivity contribution in [3.8, 4) is 5.69 Å². The van der Waals surface area contributed by atoms with Crippen molar-refractivity contribution in [2.24, 2.45) is 11.3 Å². The van der Waals surface area contributed by atoms with E-state index >= 15 is 0 Å². The lowest BCUT2D eigenvalue weighted by Crippen LogP contribution is -2.27. The van der Waals surface area contributed by atoms with E-state index in [1.165, 1.54) is 10.4 Å². The topological polar surface area (TPSA) is 52.2 Å². The summed E-state index contributed by atoms with van der Waals surface area (Å²) in [7, 11) is 0. The summed E-state index contributed by atoms with van der Waals surface area (Å²) < 4.78 is 3.79. The standard InChI is InChI=1S/C24H26N4OS2/c1-5-13-30-23-26-25-22-27(16-9-7-6-8-10-16)20(29)19-17-12-11-15(24(2,3)4)14-18(17)31-21(19)28(22)23/h5-10,15H,1,11-14H2,2-4H3/t15-/m0/s1. The van der Waals surface area contributed by atoms with Crippen molar-refractivity contribution < 1.29 is 0 Å². The molecule has 0 spiro atoms. The van der Waals surface area contributed by atoms with E-state index in [1.807, 2.05) is 36.4 Å². The quantitative estimate of drug-likeness (QED) is 0.303. The fourth-order valence-corrected chi connectivity index (χ4v) is 6.66. The van der Waals surface area contributed by atoms with E-state index in [9.17, 15) is 4.79 Å². The smallest absolute Gasteiger partial charge is 0.268 e. The van der Waals surface area contributed by atoms with Crippen molar-refractivity contribution in [3.63, 3.8) is 0 Å². The van der Waals surface area contributed by atoms with Crippen molar-refractivity contribution in [1.82, 2.24) is 19.2 Å². The molecule has 160 valence electrons. The number of aryl methyl sites for hydroxylation is 1. The highest BCUT2D eigenvalue weighted by molar-refractivity contribution is 7.99. The van der Waals surface area contributed by atoms with Crippen LogP contribution < -0.4 is 5.56 Å². The molecule has 0 aliphatic heterocycles. The highest BCUT2D eigenvalue weighted by Crippen LogP contribution is 2.43. The number of benzene rings is 1. The number of aromatic nitrogens is 4. The first-order valence-electron chi connectivity index (χ1n) is 10.6. The summed E-state index contributed by atoms with van der Waals surface area (Å²) >= 11 is 3.34. The van der Waals surface area contributed by atoms with Crippen LogP contribution in [-0.2, 0) is 12.8 Å². The van der Waals surface area contributed by atoms with Gasteiger partial charge < -0.3 is 0 Å². The summed E-state index contributed by atoms with van der Waals surface area (Å²) in [5.41, 5.74) is 2.31. The van der Waals surface area contributed by atoms with Gasteiger partial charge in [-0.05, 0) is 48.3 Å². The lowest BCUT2D eigenvalue weighted by atomic mass is 9.72. The number of thiophene rings is 1. The molecule has 1 aliphatic carbocycles. The van der Waals surface area contributed by atoms with Gasteiger partial charge in [0.2, 0.25) is 5.78 Å². The van der Waals surface area contributed by atoms with E-state index in [-0.39, 0.29) is 11.0 Å². The molecule has 3 heterocycles. The van der Waals surface area contributed by atoms with Crippen molar-refractivity contribution in [1.29, 1.82) is 0 Å². The van der Waals surface area contributed by atoms with Crippen molar-refractivity contribution in [2.45, 2.75) is 45.2 Å². The molecule has 1 atom stereocenters. The molecule has 31 heavy (non-hydrogen) atoms. The number of nitrogens with zero attached hydrogens (tertiary/aromatic N) is 4. The molecule has 0 radical (unpaired) electrons. The maximum atomic E-state index is 13.8. The predicted molar refractivity (Wildman–Crippen MR) is 130 cm³/mol. The normalized spacial score (nSPS) is 16.7. The summed E-state index contributed by atoms with van der Waals surface area (Å²) in [6.07, 6.45) is 4.96. The summed E-state index contributed by atoms with van der Waals surface area (Å²) in [4.78, 5) is 16.2. The minimum absolute atomic E-state index is 0.00748. The second-order valence-corrected chi connectivity index (χ2v) is 11.3. The third kappa shape index (κ3) is 3.34. The number of rotatable bonds is 4. The number of para-hydroxylation sites is 1. The zero-order chi connectivity index (χ0) is 21.8. The van der Waals surface area contributed by atoms with Gasteiger partial charge in [-0.15, -0.1) is 28.1 Å². The Labute approximate surface area is 189 Å². The van der Waals surface area contributed by atoms with Crippen molar-refractivity contribution >= 4 is 39.1 Å². The molecule has 0 fully saturated rings. The van der Waals surface area contributed by atoms with Crippen LogP contribution in [0.1, 0.15) is 37.6 Å². The van der Waals surface area contributed by atoms with Gasteiger partial charge in [0, 0.05) is 10.6 Å². The molecule has 4 aromatic rings. The van der Waals surface area contributed by atoms with Crippen LogP contribution >= 0.6 is 23.1 Å². The molecule has 0 amide bonds. The van der Waals surface area contributed by atoms with Gasteiger partial charge in [0.25, 0.3) is 5.56 Å². The van der Waals surface area contributed by atoms with Crippen LogP contribution in [-0.4, -0.2) is 24.9 Å². The first-order valence-corrected chi connectivity index (χ1v) is 12.4. The number of thioether (sulfide) groups is 1. The third-order valence-corrected chi connectivity index (χ3v) is 8.42. The summed E-state index contributed by atoms with van der Waals surface area (Å²) in [6, 6.07) is 9.75. The van der Waals surface area contributed by atoms with Crippen LogP contribution in [0.5, 0.6) is 0 Å². The summed E-state index contributed by atoms with van der Waals surface area (Å²) in [5, 5.41) is 10.5. The summed E-state index contributed by atoms with van der Waals surface area (Å²) in [5.74, 6) is 1.93. The molecule has 3 aromatic heterocycles. The van der Waals surface area contributed by atoms with Crippen molar-refractivity contribution in [2.75, 3.05) is 5.75 Å². The Hall–Kier alpha value is -2.38. The van der Waals surface area contributed by atoms with Gasteiger partial charge in [-0.1, -0.05) is 56.8 Å². The second kappa shape index (κ2) is 7.64. The Morgan fingerprint density at radius 1 is 1.26 bits per heavy atom. The SMILES string of the molecule is C=CCSc1nnc2n(-c3ccccc3)c(=O)c3c4c(sc3n12)C[C@@H](C(C)(C)C)CC4. The molecule has 1 aliphatic rings. The van der Waals surface area contributed by atoms with Gasteiger partial charge in [0.1, 0.15) is 4.83 Å². The van der Waals surface area contributed by atoms with Crippen LogP contribution in [0.15, 0.2) is 52.9 Å². The first kappa shape index (κ1) is 20.5. The highest BCUT2D eigenvalue weighted by atomic mass is 32.2. The van der Waals surface area contributed by atoms with E-state index in [2.05, 4.69) is 41.9 Å². The van der Waals surface area contributed by atoms with E-state index in [4.69, 9.17) is 0 Å². The number of hydrogen-bond acceptors (Lipinski definition) is 5.